The van der Waals surface area contributed by atoms with Gasteiger partial charge in [0.1, 0.15) is 5.76 Å². The molecule has 0 unspecified atom stereocenters. The van der Waals surface area contributed by atoms with E-state index >= 15 is 0 Å². The summed E-state index contributed by atoms with van der Waals surface area (Å²) in [4.78, 5) is 49.5. The molecule has 2 heterocycles. The standard InChI is InChI=1S/C22H20INO9S/c1-4-31-16-8-12(7-14(23)19(16)32-11-18(25)29-2)9-17-20(26)24(22(28)34-17)10-13-5-6-15(33-13)21(27)30-3/h5-9H,4,10-11H2,1-3H3/b17-9+. The minimum absolute atomic E-state index is 0.0208. The third-order valence-corrected chi connectivity index (χ3v) is 6.14. The van der Waals surface area contributed by atoms with Gasteiger partial charge in [-0.25, -0.2) is 9.59 Å². The van der Waals surface area contributed by atoms with Crippen LogP contribution in [0, 0.1) is 3.57 Å². The molecule has 0 spiro atoms. The van der Waals surface area contributed by atoms with Crippen molar-refractivity contribution in [1.29, 1.82) is 0 Å². The molecule has 10 nitrogen and oxygen atoms in total. The number of esters is 2. The summed E-state index contributed by atoms with van der Waals surface area (Å²) in [5, 5.41) is -0.468. The van der Waals surface area contributed by atoms with Gasteiger partial charge in [-0.3, -0.25) is 14.5 Å². The molecule has 180 valence electrons. The van der Waals surface area contributed by atoms with Crippen LogP contribution < -0.4 is 9.47 Å². The molecule has 0 bridgehead atoms. The third kappa shape index (κ3) is 5.91. The van der Waals surface area contributed by atoms with E-state index in [1.165, 1.54) is 26.4 Å². The fraction of sp³-hybridized carbons (Fsp3) is 0.273. The summed E-state index contributed by atoms with van der Waals surface area (Å²) in [7, 11) is 2.49. The first-order chi connectivity index (χ1) is 16.3. The normalized spacial score (nSPS) is 14.5. The number of halogens is 1. The molecule has 1 fully saturated rings. The van der Waals surface area contributed by atoms with E-state index in [1.54, 1.807) is 25.1 Å². The maximum atomic E-state index is 12.9. The van der Waals surface area contributed by atoms with Gasteiger partial charge in [-0.2, -0.15) is 0 Å². The predicted molar refractivity (Wildman–Crippen MR) is 129 cm³/mol. The van der Waals surface area contributed by atoms with Crippen molar-refractivity contribution in [2.24, 2.45) is 0 Å². The summed E-state index contributed by atoms with van der Waals surface area (Å²) < 4.78 is 26.4. The van der Waals surface area contributed by atoms with E-state index in [1.807, 2.05) is 22.6 Å². The lowest BCUT2D eigenvalue weighted by Gasteiger charge is -2.14. The first-order valence-corrected chi connectivity index (χ1v) is 11.7. The van der Waals surface area contributed by atoms with Crippen LogP contribution in [0.5, 0.6) is 11.5 Å². The Bertz CT molecular complexity index is 1160. The van der Waals surface area contributed by atoms with Gasteiger partial charge < -0.3 is 23.4 Å². The Morgan fingerprint density at radius 2 is 1.91 bits per heavy atom. The van der Waals surface area contributed by atoms with Gasteiger partial charge in [0.2, 0.25) is 5.76 Å². The fourth-order valence-electron chi connectivity index (χ4n) is 2.88. The molecule has 1 aromatic heterocycles. The molecular weight excluding hydrogens is 581 g/mol. The zero-order valence-corrected chi connectivity index (χ0v) is 21.4. The Hall–Kier alpha value is -3.00. The molecule has 0 saturated carbocycles. The molecule has 34 heavy (non-hydrogen) atoms. The molecule has 2 amide bonds. The van der Waals surface area contributed by atoms with Crippen molar-refractivity contribution in [3.05, 3.63) is 49.8 Å². The highest BCUT2D eigenvalue weighted by Gasteiger charge is 2.36. The molecule has 2 aromatic rings. The molecule has 1 saturated heterocycles. The zero-order valence-electron chi connectivity index (χ0n) is 18.4. The average molecular weight is 601 g/mol. The first-order valence-electron chi connectivity index (χ1n) is 9.85. The van der Waals surface area contributed by atoms with E-state index in [9.17, 15) is 19.2 Å². The molecule has 1 aliphatic heterocycles. The van der Waals surface area contributed by atoms with E-state index < -0.39 is 23.1 Å². The van der Waals surface area contributed by atoms with E-state index in [4.69, 9.17) is 13.9 Å². The molecule has 0 aliphatic carbocycles. The Balaban J connectivity index is 1.81. The summed E-state index contributed by atoms with van der Waals surface area (Å²) in [6.07, 6.45) is 1.57. The van der Waals surface area contributed by atoms with Gasteiger partial charge in [-0.15, -0.1) is 0 Å². The predicted octanol–water partition coefficient (Wildman–Crippen LogP) is 3.86. The van der Waals surface area contributed by atoms with Crippen LogP contribution in [-0.2, 0) is 25.6 Å². The van der Waals surface area contributed by atoms with Crippen molar-refractivity contribution in [1.82, 2.24) is 4.90 Å². The number of hydrogen-bond acceptors (Lipinski definition) is 10. The number of furan rings is 1. The van der Waals surface area contributed by atoms with Gasteiger partial charge in [-0.05, 0) is 77.2 Å². The number of benzene rings is 1. The Labute approximate surface area is 212 Å². The van der Waals surface area contributed by atoms with E-state index in [-0.39, 0.29) is 29.6 Å². The fourth-order valence-corrected chi connectivity index (χ4v) is 4.50. The monoisotopic (exact) mass is 601 g/mol. The van der Waals surface area contributed by atoms with Crippen LogP contribution in [0.25, 0.3) is 6.08 Å². The zero-order chi connectivity index (χ0) is 24.8. The number of amides is 2. The van der Waals surface area contributed by atoms with Crippen LogP contribution in [0.3, 0.4) is 0 Å². The van der Waals surface area contributed by atoms with Crippen LogP contribution in [0.2, 0.25) is 0 Å². The molecule has 0 atom stereocenters. The van der Waals surface area contributed by atoms with Gasteiger partial charge in [0.25, 0.3) is 11.1 Å². The van der Waals surface area contributed by atoms with E-state index in [2.05, 4.69) is 9.47 Å². The van der Waals surface area contributed by atoms with Crippen molar-refractivity contribution in [2.75, 3.05) is 27.4 Å². The van der Waals surface area contributed by atoms with Crippen LogP contribution >= 0.6 is 34.4 Å². The Morgan fingerprint density at radius 3 is 2.59 bits per heavy atom. The first kappa shape index (κ1) is 25.6. The smallest absolute Gasteiger partial charge is 0.373 e. The van der Waals surface area contributed by atoms with Crippen molar-refractivity contribution in [3.8, 4) is 11.5 Å². The van der Waals surface area contributed by atoms with E-state index in [0.717, 1.165) is 16.7 Å². The molecule has 1 aliphatic rings. The van der Waals surface area contributed by atoms with Crippen molar-refractivity contribution < 1.29 is 42.5 Å². The highest BCUT2D eigenvalue weighted by atomic mass is 127. The summed E-state index contributed by atoms with van der Waals surface area (Å²) in [6.45, 7) is 1.74. The Morgan fingerprint density at radius 1 is 1.15 bits per heavy atom. The second-order valence-corrected chi connectivity index (χ2v) is 8.81. The number of rotatable bonds is 9. The second kappa shape index (κ2) is 11.4. The van der Waals surface area contributed by atoms with Crippen molar-refractivity contribution >= 4 is 63.5 Å². The Kier molecular flexibility index (Phi) is 8.61. The van der Waals surface area contributed by atoms with Crippen LogP contribution in [0.1, 0.15) is 28.8 Å². The topological polar surface area (TPSA) is 122 Å². The number of ether oxygens (including phenoxy) is 4. The molecule has 1 aromatic carbocycles. The maximum absolute atomic E-state index is 12.9. The van der Waals surface area contributed by atoms with Crippen LogP contribution in [-0.4, -0.2) is 55.4 Å². The molecule has 0 radical (unpaired) electrons. The van der Waals surface area contributed by atoms with E-state index in [0.29, 0.717) is 27.2 Å². The minimum Gasteiger partial charge on any atom is -0.490 e. The van der Waals surface area contributed by atoms with Gasteiger partial charge in [0.15, 0.2) is 18.1 Å². The van der Waals surface area contributed by atoms with Gasteiger partial charge in [-0.1, -0.05) is 0 Å². The van der Waals surface area contributed by atoms with Gasteiger partial charge >= 0.3 is 11.9 Å². The van der Waals surface area contributed by atoms with Gasteiger partial charge in [0, 0.05) is 0 Å². The largest absolute Gasteiger partial charge is 0.490 e. The quantitative estimate of drug-likeness (QED) is 0.238. The summed E-state index contributed by atoms with van der Waals surface area (Å²) >= 11 is 2.82. The van der Waals surface area contributed by atoms with Crippen molar-refractivity contribution in [3.63, 3.8) is 0 Å². The number of imide groups is 1. The lowest BCUT2D eigenvalue weighted by atomic mass is 10.2. The van der Waals surface area contributed by atoms with Crippen molar-refractivity contribution in [2.45, 2.75) is 13.5 Å². The lowest BCUT2D eigenvalue weighted by molar-refractivity contribution is -0.143. The molecule has 12 heteroatoms. The summed E-state index contributed by atoms with van der Waals surface area (Å²) in [6, 6.07) is 6.31. The average Bonchev–Trinajstić information content (AvgIpc) is 3.38. The SMILES string of the molecule is CCOc1cc(/C=C2/SC(=O)N(Cc3ccc(C(=O)OC)o3)C2=O)cc(I)c1OCC(=O)OC. The summed E-state index contributed by atoms with van der Waals surface area (Å²) in [5.74, 6) is -0.681. The third-order valence-electron chi connectivity index (χ3n) is 4.43. The number of nitrogens with zero attached hydrogens (tertiary/aromatic N) is 1. The number of hydrogen-bond donors (Lipinski definition) is 0. The lowest BCUT2D eigenvalue weighted by Crippen LogP contribution is -2.27. The highest BCUT2D eigenvalue weighted by Crippen LogP contribution is 2.38. The molecule has 3 rings (SSSR count). The van der Waals surface area contributed by atoms with Crippen LogP contribution in [0.15, 0.2) is 33.6 Å². The number of carbonyl (C=O) groups is 4. The molecule has 0 N–H and O–H groups in total. The van der Waals surface area contributed by atoms with Crippen LogP contribution in [0.4, 0.5) is 4.79 Å². The van der Waals surface area contributed by atoms with Gasteiger partial charge in [0.05, 0.1) is 35.8 Å². The number of thioether (sulfide) groups is 1. The number of carbonyl (C=O) groups excluding carboxylic acids is 4. The minimum atomic E-state index is -0.654. The summed E-state index contributed by atoms with van der Waals surface area (Å²) in [5.41, 5.74) is 0.606. The highest BCUT2D eigenvalue weighted by molar-refractivity contribution is 14.1. The number of methoxy groups -OCH3 is 2. The second-order valence-electron chi connectivity index (χ2n) is 6.65. The maximum Gasteiger partial charge on any atom is 0.373 e. The molecular formula is C22H20INO9S.